The zero-order valence-electron chi connectivity index (χ0n) is 13.4. The molecular formula is C18H16FN5. The lowest BCUT2D eigenvalue weighted by Crippen LogP contribution is -2.00. The first-order chi connectivity index (χ1) is 11.6. The summed E-state index contributed by atoms with van der Waals surface area (Å²) in [6.07, 6.45) is 6.85. The molecule has 0 radical (unpaired) electrons. The number of nitrogens with one attached hydrogen (secondary N) is 1. The molecule has 4 aromatic rings. The molecule has 0 spiro atoms. The van der Waals surface area contributed by atoms with E-state index in [1.54, 1.807) is 12.3 Å². The van der Waals surface area contributed by atoms with Crippen LogP contribution in [0.5, 0.6) is 0 Å². The van der Waals surface area contributed by atoms with E-state index in [1.807, 2.05) is 29.2 Å². The summed E-state index contributed by atoms with van der Waals surface area (Å²) in [4.78, 5) is 11.7. The van der Waals surface area contributed by atoms with Crippen LogP contribution in [0.4, 0.5) is 4.39 Å². The number of hydrogen-bond acceptors (Lipinski definition) is 3. The van der Waals surface area contributed by atoms with E-state index in [0.29, 0.717) is 5.69 Å². The summed E-state index contributed by atoms with van der Waals surface area (Å²) in [6, 6.07) is 7.22. The highest BCUT2D eigenvalue weighted by Gasteiger charge is 2.18. The molecule has 120 valence electrons. The Hall–Kier alpha value is -3.02. The Bertz CT molecular complexity index is 998. The summed E-state index contributed by atoms with van der Waals surface area (Å²) in [6.45, 7) is 4.13. The minimum Gasteiger partial charge on any atom is -0.346 e. The highest BCUT2D eigenvalue weighted by atomic mass is 19.1. The van der Waals surface area contributed by atoms with E-state index in [9.17, 15) is 4.39 Å². The fraction of sp³-hybridized carbons (Fsp3) is 0.167. The number of aromatic nitrogens is 5. The quantitative estimate of drug-likeness (QED) is 0.615. The average molecular weight is 321 g/mol. The lowest BCUT2D eigenvalue weighted by Gasteiger charge is -2.03. The van der Waals surface area contributed by atoms with Crippen LogP contribution in [0.1, 0.15) is 19.9 Å². The Morgan fingerprint density at radius 2 is 1.96 bits per heavy atom. The molecule has 0 fully saturated rings. The molecule has 6 heteroatoms. The summed E-state index contributed by atoms with van der Waals surface area (Å²) >= 11 is 0. The van der Waals surface area contributed by atoms with E-state index < -0.39 is 0 Å². The van der Waals surface area contributed by atoms with E-state index in [1.165, 1.54) is 12.3 Å². The molecule has 5 nitrogen and oxygen atoms in total. The molecular weight excluding hydrogens is 305 g/mol. The molecule has 4 rings (SSSR count). The van der Waals surface area contributed by atoms with Gasteiger partial charge in [0.1, 0.15) is 17.2 Å². The minimum atomic E-state index is -0.361. The fourth-order valence-corrected chi connectivity index (χ4v) is 2.75. The van der Waals surface area contributed by atoms with E-state index in [4.69, 9.17) is 0 Å². The molecule has 0 saturated heterocycles. The molecule has 24 heavy (non-hydrogen) atoms. The predicted molar refractivity (Wildman–Crippen MR) is 90.9 cm³/mol. The average Bonchev–Trinajstić information content (AvgIpc) is 3.22. The molecule has 0 unspecified atom stereocenters. The molecule has 0 aliphatic heterocycles. The smallest absolute Gasteiger partial charge is 0.141 e. The van der Waals surface area contributed by atoms with Crippen LogP contribution < -0.4 is 0 Å². The van der Waals surface area contributed by atoms with Crippen LogP contribution in [0.2, 0.25) is 0 Å². The number of hydrogen-bond donors (Lipinski definition) is 1. The third kappa shape index (κ3) is 2.36. The Labute approximate surface area is 138 Å². The molecule has 1 N–H and O–H groups in total. The number of fused-ring (bicyclic) bond motifs is 1. The molecule has 0 atom stereocenters. The first kappa shape index (κ1) is 14.6. The SMILES string of the molecule is CC(C)n1cc(-c2ccnc3[nH]ccc23)c(-c2ccc(F)cn2)n1. The maximum atomic E-state index is 13.2. The Balaban J connectivity index is 1.97. The van der Waals surface area contributed by atoms with Crippen LogP contribution in [0.25, 0.3) is 33.5 Å². The van der Waals surface area contributed by atoms with Crippen molar-refractivity contribution in [3.05, 3.63) is 54.9 Å². The number of aromatic amines is 1. The van der Waals surface area contributed by atoms with Gasteiger partial charge in [-0.25, -0.2) is 9.37 Å². The highest BCUT2D eigenvalue weighted by molar-refractivity contribution is 5.96. The molecule has 4 aromatic heterocycles. The van der Waals surface area contributed by atoms with Gasteiger partial charge in [0.15, 0.2) is 0 Å². The van der Waals surface area contributed by atoms with Crippen molar-refractivity contribution in [2.24, 2.45) is 0 Å². The van der Waals surface area contributed by atoms with Gasteiger partial charge in [-0.2, -0.15) is 5.10 Å². The van der Waals surface area contributed by atoms with E-state index in [2.05, 4.69) is 33.9 Å². The normalized spacial score (nSPS) is 11.5. The third-order valence-corrected chi connectivity index (χ3v) is 3.98. The van der Waals surface area contributed by atoms with Gasteiger partial charge < -0.3 is 4.98 Å². The topological polar surface area (TPSA) is 59.4 Å². The number of nitrogens with zero attached hydrogens (tertiary/aromatic N) is 4. The first-order valence-electron chi connectivity index (χ1n) is 7.77. The summed E-state index contributed by atoms with van der Waals surface area (Å²) in [5.41, 5.74) is 4.18. The van der Waals surface area contributed by atoms with Crippen molar-refractivity contribution in [3.63, 3.8) is 0 Å². The molecule has 0 saturated carbocycles. The van der Waals surface area contributed by atoms with Crippen molar-refractivity contribution < 1.29 is 4.39 Å². The Morgan fingerprint density at radius 3 is 2.71 bits per heavy atom. The van der Waals surface area contributed by atoms with Gasteiger partial charge >= 0.3 is 0 Å². The van der Waals surface area contributed by atoms with Crippen LogP contribution >= 0.6 is 0 Å². The largest absolute Gasteiger partial charge is 0.346 e. The molecule has 0 aromatic carbocycles. The molecule has 0 amide bonds. The standard InChI is InChI=1S/C18H16FN5/c1-11(2)24-10-15(13-5-7-20-18-14(13)6-8-21-18)17(23-24)16-4-3-12(19)9-22-16/h3-11H,1-2H3,(H,20,21). The fourth-order valence-electron chi connectivity index (χ4n) is 2.75. The second-order valence-corrected chi connectivity index (χ2v) is 5.93. The van der Waals surface area contributed by atoms with Gasteiger partial charge in [-0.3, -0.25) is 9.67 Å². The van der Waals surface area contributed by atoms with Gasteiger partial charge in [0.25, 0.3) is 0 Å². The van der Waals surface area contributed by atoms with E-state index in [-0.39, 0.29) is 11.9 Å². The van der Waals surface area contributed by atoms with Crippen LogP contribution in [-0.2, 0) is 0 Å². The maximum absolute atomic E-state index is 13.2. The lowest BCUT2D eigenvalue weighted by atomic mass is 10.0. The van der Waals surface area contributed by atoms with Gasteiger partial charge in [0, 0.05) is 35.6 Å². The maximum Gasteiger partial charge on any atom is 0.141 e. The van der Waals surface area contributed by atoms with Crippen LogP contribution in [0.15, 0.2) is 49.1 Å². The third-order valence-electron chi connectivity index (χ3n) is 3.98. The summed E-state index contributed by atoms with van der Waals surface area (Å²) in [5, 5.41) is 5.70. The van der Waals surface area contributed by atoms with Crippen molar-refractivity contribution in [3.8, 4) is 22.5 Å². The van der Waals surface area contributed by atoms with Crippen molar-refractivity contribution in [2.45, 2.75) is 19.9 Å². The van der Waals surface area contributed by atoms with Crippen LogP contribution in [0, 0.1) is 5.82 Å². The summed E-state index contributed by atoms with van der Waals surface area (Å²) < 4.78 is 15.1. The number of halogens is 1. The number of H-pyrrole nitrogens is 1. The number of rotatable bonds is 3. The predicted octanol–water partition coefficient (Wildman–Crippen LogP) is 4.21. The van der Waals surface area contributed by atoms with Gasteiger partial charge in [-0.05, 0) is 43.7 Å². The van der Waals surface area contributed by atoms with Gasteiger partial charge in [0.05, 0.1) is 11.9 Å². The summed E-state index contributed by atoms with van der Waals surface area (Å²) in [7, 11) is 0. The highest BCUT2D eigenvalue weighted by Crippen LogP contribution is 2.34. The van der Waals surface area contributed by atoms with Gasteiger partial charge in [-0.1, -0.05) is 0 Å². The van der Waals surface area contributed by atoms with Crippen LogP contribution in [-0.4, -0.2) is 24.7 Å². The Kier molecular flexibility index (Phi) is 3.37. The second-order valence-electron chi connectivity index (χ2n) is 5.93. The van der Waals surface area contributed by atoms with Crippen molar-refractivity contribution in [2.75, 3.05) is 0 Å². The summed E-state index contributed by atoms with van der Waals surface area (Å²) in [5.74, 6) is -0.361. The zero-order valence-corrected chi connectivity index (χ0v) is 13.4. The van der Waals surface area contributed by atoms with Crippen molar-refractivity contribution >= 4 is 11.0 Å². The monoisotopic (exact) mass is 321 g/mol. The van der Waals surface area contributed by atoms with Crippen LogP contribution in [0.3, 0.4) is 0 Å². The van der Waals surface area contributed by atoms with E-state index in [0.717, 1.165) is 27.9 Å². The van der Waals surface area contributed by atoms with Gasteiger partial charge in [-0.15, -0.1) is 0 Å². The molecule has 0 aliphatic rings. The Morgan fingerprint density at radius 1 is 1.08 bits per heavy atom. The number of pyridine rings is 2. The molecule has 0 aliphatic carbocycles. The van der Waals surface area contributed by atoms with Gasteiger partial charge in [0.2, 0.25) is 0 Å². The van der Waals surface area contributed by atoms with Crippen molar-refractivity contribution in [1.29, 1.82) is 0 Å². The molecule has 4 heterocycles. The minimum absolute atomic E-state index is 0.210. The van der Waals surface area contributed by atoms with Crippen molar-refractivity contribution in [1.82, 2.24) is 24.7 Å². The molecule has 0 bridgehead atoms. The first-order valence-corrected chi connectivity index (χ1v) is 7.77. The van der Waals surface area contributed by atoms with E-state index >= 15 is 0 Å². The second kappa shape index (κ2) is 5.56. The zero-order chi connectivity index (χ0) is 16.7. The lowest BCUT2D eigenvalue weighted by molar-refractivity contribution is 0.534.